The largest absolute Gasteiger partial charge is 0.494 e. The minimum atomic E-state index is 0.726. The molecule has 4 heteroatoms. The summed E-state index contributed by atoms with van der Waals surface area (Å²) in [5.41, 5.74) is 1.20. The number of rotatable bonds is 8. The summed E-state index contributed by atoms with van der Waals surface area (Å²) in [4.78, 5) is 0. The van der Waals surface area contributed by atoms with Crippen LogP contribution in [0.3, 0.4) is 0 Å². The summed E-state index contributed by atoms with van der Waals surface area (Å²) < 4.78 is 11.7. The highest BCUT2D eigenvalue weighted by molar-refractivity contribution is 9.10. The quantitative estimate of drug-likeness (QED) is 0.749. The number of halogens is 1. The summed E-state index contributed by atoms with van der Waals surface area (Å²) >= 11 is 3.54. The smallest absolute Gasteiger partial charge is 0.119 e. The zero-order valence-corrected chi connectivity index (χ0v) is 12.0. The minimum Gasteiger partial charge on any atom is -0.494 e. The number of methoxy groups -OCH3 is 1. The Labute approximate surface area is 112 Å². The molecule has 0 fully saturated rings. The number of nitrogens with one attached hydrogen (secondary N) is 1. The van der Waals surface area contributed by atoms with Crippen LogP contribution in [0.1, 0.15) is 18.9 Å². The van der Waals surface area contributed by atoms with E-state index >= 15 is 0 Å². The molecule has 0 unspecified atom stereocenters. The van der Waals surface area contributed by atoms with Crippen molar-refractivity contribution in [2.75, 3.05) is 26.9 Å². The molecule has 0 bridgehead atoms. The molecule has 0 amide bonds. The SMILES string of the molecule is CCCOc1ccc(Br)c(CNCCOC)c1. The van der Waals surface area contributed by atoms with Crippen LogP contribution >= 0.6 is 15.9 Å². The Bertz CT molecular complexity index is 331. The summed E-state index contributed by atoms with van der Waals surface area (Å²) in [5, 5.41) is 3.32. The van der Waals surface area contributed by atoms with Crippen molar-refractivity contribution in [3.05, 3.63) is 28.2 Å². The predicted octanol–water partition coefficient (Wildman–Crippen LogP) is 2.97. The molecule has 0 aliphatic carbocycles. The van der Waals surface area contributed by atoms with Crippen LogP contribution in [0.4, 0.5) is 0 Å². The second kappa shape index (κ2) is 8.50. The van der Waals surface area contributed by atoms with Gasteiger partial charge in [-0.25, -0.2) is 0 Å². The van der Waals surface area contributed by atoms with Gasteiger partial charge >= 0.3 is 0 Å². The highest BCUT2D eigenvalue weighted by Crippen LogP contribution is 2.22. The number of hydrogen-bond donors (Lipinski definition) is 1. The van der Waals surface area contributed by atoms with Crippen molar-refractivity contribution in [1.29, 1.82) is 0 Å². The Morgan fingerprint density at radius 2 is 2.12 bits per heavy atom. The van der Waals surface area contributed by atoms with Crippen molar-refractivity contribution in [2.24, 2.45) is 0 Å². The van der Waals surface area contributed by atoms with Crippen LogP contribution in [0.25, 0.3) is 0 Å². The first kappa shape index (κ1) is 14.5. The van der Waals surface area contributed by atoms with Crippen molar-refractivity contribution in [1.82, 2.24) is 5.32 Å². The van der Waals surface area contributed by atoms with Crippen LogP contribution in [0, 0.1) is 0 Å². The Hall–Kier alpha value is -0.580. The molecule has 96 valence electrons. The van der Waals surface area contributed by atoms with Gasteiger partial charge in [-0.05, 0) is 30.2 Å². The van der Waals surface area contributed by atoms with Crippen LogP contribution in [0.15, 0.2) is 22.7 Å². The van der Waals surface area contributed by atoms with Gasteiger partial charge in [0.25, 0.3) is 0 Å². The fourth-order valence-corrected chi connectivity index (χ4v) is 1.78. The third-order valence-corrected chi connectivity index (χ3v) is 3.06. The maximum atomic E-state index is 5.60. The monoisotopic (exact) mass is 301 g/mol. The standard InChI is InChI=1S/C13H20BrNO2/c1-3-7-17-12-4-5-13(14)11(9-12)10-15-6-8-16-2/h4-5,9,15H,3,6-8,10H2,1-2H3. The third-order valence-electron chi connectivity index (χ3n) is 2.29. The van der Waals surface area contributed by atoms with E-state index in [4.69, 9.17) is 9.47 Å². The zero-order chi connectivity index (χ0) is 12.5. The normalized spacial score (nSPS) is 10.5. The number of benzene rings is 1. The lowest BCUT2D eigenvalue weighted by atomic mass is 10.2. The lowest BCUT2D eigenvalue weighted by molar-refractivity contribution is 0.199. The molecule has 1 aromatic rings. The van der Waals surface area contributed by atoms with Crippen molar-refractivity contribution < 1.29 is 9.47 Å². The molecular weight excluding hydrogens is 282 g/mol. The Balaban J connectivity index is 2.50. The molecule has 0 aliphatic rings. The van der Waals surface area contributed by atoms with E-state index in [1.54, 1.807) is 7.11 Å². The van der Waals surface area contributed by atoms with E-state index in [0.717, 1.165) is 42.9 Å². The summed E-state index contributed by atoms with van der Waals surface area (Å²) in [6.45, 7) is 5.25. The molecule has 1 N–H and O–H groups in total. The first-order valence-corrected chi connectivity index (χ1v) is 6.68. The molecule has 0 spiro atoms. The molecule has 3 nitrogen and oxygen atoms in total. The number of ether oxygens (including phenoxy) is 2. The van der Waals surface area contributed by atoms with Gasteiger partial charge in [0.1, 0.15) is 5.75 Å². The van der Waals surface area contributed by atoms with Gasteiger partial charge in [-0.15, -0.1) is 0 Å². The van der Waals surface area contributed by atoms with E-state index in [9.17, 15) is 0 Å². The van der Waals surface area contributed by atoms with Crippen molar-refractivity contribution >= 4 is 15.9 Å². The van der Waals surface area contributed by atoms with Crippen LogP contribution in [-0.2, 0) is 11.3 Å². The highest BCUT2D eigenvalue weighted by atomic mass is 79.9. The molecule has 0 saturated carbocycles. The summed E-state index contributed by atoms with van der Waals surface area (Å²) in [6.07, 6.45) is 1.03. The fourth-order valence-electron chi connectivity index (χ4n) is 1.39. The summed E-state index contributed by atoms with van der Waals surface area (Å²) in [6, 6.07) is 6.08. The van der Waals surface area contributed by atoms with Crippen LogP contribution < -0.4 is 10.1 Å². The molecule has 1 rings (SSSR count). The van der Waals surface area contributed by atoms with Gasteiger partial charge in [0, 0.05) is 24.7 Å². The van der Waals surface area contributed by atoms with Gasteiger partial charge in [-0.2, -0.15) is 0 Å². The first-order valence-electron chi connectivity index (χ1n) is 5.88. The van der Waals surface area contributed by atoms with Gasteiger partial charge in [0.05, 0.1) is 13.2 Å². The fraction of sp³-hybridized carbons (Fsp3) is 0.538. The summed E-state index contributed by atoms with van der Waals surface area (Å²) in [5.74, 6) is 0.929. The van der Waals surface area contributed by atoms with Crippen molar-refractivity contribution in [3.8, 4) is 5.75 Å². The van der Waals surface area contributed by atoms with Gasteiger partial charge in [0.15, 0.2) is 0 Å². The lowest BCUT2D eigenvalue weighted by Gasteiger charge is -2.10. The molecule has 0 aliphatic heterocycles. The van der Waals surface area contributed by atoms with Crippen LogP contribution in [0.5, 0.6) is 5.75 Å². The van der Waals surface area contributed by atoms with E-state index in [1.165, 1.54) is 5.56 Å². The first-order chi connectivity index (χ1) is 8.27. The van der Waals surface area contributed by atoms with Gasteiger partial charge in [-0.3, -0.25) is 0 Å². The second-order valence-electron chi connectivity index (χ2n) is 3.77. The second-order valence-corrected chi connectivity index (χ2v) is 4.63. The lowest BCUT2D eigenvalue weighted by Crippen LogP contribution is -2.18. The molecule has 0 saturated heterocycles. The van der Waals surface area contributed by atoms with Crippen LogP contribution in [-0.4, -0.2) is 26.9 Å². The Morgan fingerprint density at radius 1 is 1.29 bits per heavy atom. The molecule has 0 radical (unpaired) electrons. The molecular formula is C13H20BrNO2. The van der Waals surface area contributed by atoms with Crippen molar-refractivity contribution in [3.63, 3.8) is 0 Å². The zero-order valence-electron chi connectivity index (χ0n) is 10.5. The van der Waals surface area contributed by atoms with Gasteiger partial charge in [0.2, 0.25) is 0 Å². The molecule has 1 aromatic carbocycles. The number of hydrogen-bond acceptors (Lipinski definition) is 3. The average molecular weight is 302 g/mol. The molecule has 17 heavy (non-hydrogen) atoms. The highest BCUT2D eigenvalue weighted by Gasteiger charge is 2.02. The average Bonchev–Trinajstić information content (AvgIpc) is 2.35. The van der Waals surface area contributed by atoms with E-state index < -0.39 is 0 Å². The third kappa shape index (κ3) is 5.52. The van der Waals surface area contributed by atoms with E-state index in [0.29, 0.717) is 0 Å². The summed E-state index contributed by atoms with van der Waals surface area (Å²) in [7, 11) is 1.71. The van der Waals surface area contributed by atoms with Crippen LogP contribution in [0.2, 0.25) is 0 Å². The Morgan fingerprint density at radius 3 is 2.82 bits per heavy atom. The minimum absolute atomic E-state index is 0.726. The topological polar surface area (TPSA) is 30.5 Å². The van der Waals surface area contributed by atoms with Crippen molar-refractivity contribution in [2.45, 2.75) is 19.9 Å². The van der Waals surface area contributed by atoms with Gasteiger partial charge < -0.3 is 14.8 Å². The van der Waals surface area contributed by atoms with E-state index in [1.807, 2.05) is 12.1 Å². The van der Waals surface area contributed by atoms with Gasteiger partial charge in [-0.1, -0.05) is 22.9 Å². The van der Waals surface area contributed by atoms with E-state index in [2.05, 4.69) is 34.2 Å². The molecule has 0 aromatic heterocycles. The maximum absolute atomic E-state index is 5.60. The molecule has 0 atom stereocenters. The predicted molar refractivity (Wildman–Crippen MR) is 73.5 cm³/mol. The maximum Gasteiger partial charge on any atom is 0.119 e. The van der Waals surface area contributed by atoms with E-state index in [-0.39, 0.29) is 0 Å². The Kier molecular flexibility index (Phi) is 7.24. The molecule has 0 heterocycles.